The van der Waals surface area contributed by atoms with Crippen molar-refractivity contribution in [2.75, 3.05) is 23.7 Å². The van der Waals surface area contributed by atoms with Crippen molar-refractivity contribution in [1.82, 2.24) is 0 Å². The van der Waals surface area contributed by atoms with Crippen LogP contribution in [-0.2, 0) is 0 Å². The maximum absolute atomic E-state index is 10.5. The lowest BCUT2D eigenvalue weighted by Crippen LogP contribution is -2.19. The van der Waals surface area contributed by atoms with Crippen LogP contribution in [0.15, 0.2) is 18.2 Å². The molecule has 14 heavy (non-hydrogen) atoms. The maximum Gasteiger partial charge on any atom is 0.150 e. The third kappa shape index (κ3) is 1.58. The van der Waals surface area contributed by atoms with E-state index in [-0.39, 0.29) is 0 Å². The molecule has 0 unspecified atom stereocenters. The summed E-state index contributed by atoms with van der Waals surface area (Å²) in [6.07, 6.45) is 3.29. The summed E-state index contributed by atoms with van der Waals surface area (Å²) in [4.78, 5) is 12.8. The van der Waals surface area contributed by atoms with Gasteiger partial charge in [0.1, 0.15) is 6.29 Å². The predicted octanol–water partition coefficient (Wildman–Crippen LogP) is 1.68. The Morgan fingerprint density at radius 1 is 1.29 bits per heavy atom. The van der Waals surface area contributed by atoms with Crippen LogP contribution in [0, 0.1) is 0 Å². The van der Waals surface area contributed by atoms with Gasteiger partial charge in [-0.3, -0.25) is 4.79 Å². The highest BCUT2D eigenvalue weighted by molar-refractivity contribution is 5.81. The predicted molar refractivity (Wildman–Crippen MR) is 57.7 cm³/mol. The third-order valence-electron chi connectivity index (χ3n) is 2.63. The molecule has 0 spiro atoms. The van der Waals surface area contributed by atoms with Crippen LogP contribution in [0.1, 0.15) is 23.2 Å². The van der Waals surface area contributed by atoms with Crippen LogP contribution >= 0.6 is 0 Å². The normalized spacial score (nSPS) is 15.9. The first-order chi connectivity index (χ1) is 6.81. The van der Waals surface area contributed by atoms with Gasteiger partial charge in [0.2, 0.25) is 0 Å². The lowest BCUT2D eigenvalue weighted by molar-refractivity contribution is 0.112. The minimum absolute atomic E-state index is 0.644. The van der Waals surface area contributed by atoms with Crippen molar-refractivity contribution in [3.8, 4) is 0 Å². The van der Waals surface area contributed by atoms with Crippen molar-refractivity contribution in [2.24, 2.45) is 0 Å². The fraction of sp³-hybridized carbons (Fsp3) is 0.364. The van der Waals surface area contributed by atoms with Gasteiger partial charge >= 0.3 is 0 Å². The lowest BCUT2D eigenvalue weighted by atomic mass is 10.2. The number of carbonyl (C=O) groups excluding carboxylic acids is 1. The Bertz CT molecular complexity index is 343. The van der Waals surface area contributed by atoms with Gasteiger partial charge in [-0.2, -0.15) is 0 Å². The van der Waals surface area contributed by atoms with E-state index in [1.807, 2.05) is 12.1 Å². The van der Waals surface area contributed by atoms with Crippen LogP contribution in [0.4, 0.5) is 11.4 Å². The van der Waals surface area contributed by atoms with E-state index in [9.17, 15) is 4.79 Å². The molecular formula is C11H14N2O. The molecule has 0 aromatic heterocycles. The van der Waals surface area contributed by atoms with Gasteiger partial charge in [0, 0.05) is 18.7 Å². The molecule has 0 atom stereocenters. The molecule has 1 fully saturated rings. The molecule has 0 bridgehead atoms. The number of carbonyl (C=O) groups is 1. The van der Waals surface area contributed by atoms with Gasteiger partial charge in [-0.1, -0.05) is 0 Å². The fourth-order valence-electron chi connectivity index (χ4n) is 1.89. The molecule has 1 aliphatic rings. The first-order valence-electron chi connectivity index (χ1n) is 4.91. The molecule has 74 valence electrons. The van der Waals surface area contributed by atoms with E-state index in [4.69, 9.17) is 5.73 Å². The summed E-state index contributed by atoms with van der Waals surface area (Å²) < 4.78 is 0. The van der Waals surface area contributed by atoms with Gasteiger partial charge in [0.25, 0.3) is 0 Å². The van der Waals surface area contributed by atoms with Crippen LogP contribution in [0.2, 0.25) is 0 Å². The second-order valence-corrected chi connectivity index (χ2v) is 3.63. The van der Waals surface area contributed by atoms with Gasteiger partial charge in [0.15, 0.2) is 0 Å². The van der Waals surface area contributed by atoms with Gasteiger partial charge in [-0.05, 0) is 31.0 Å². The van der Waals surface area contributed by atoms with Crippen LogP contribution < -0.4 is 10.6 Å². The van der Waals surface area contributed by atoms with Crippen molar-refractivity contribution < 1.29 is 4.79 Å². The standard InChI is InChI=1S/C11H14N2O/c12-10-7-9(8-14)3-4-11(10)13-5-1-2-6-13/h3-4,7-8H,1-2,5-6,12H2. The highest BCUT2D eigenvalue weighted by atomic mass is 16.1. The molecule has 1 saturated heterocycles. The molecule has 0 aliphatic carbocycles. The molecule has 1 heterocycles. The quantitative estimate of drug-likeness (QED) is 0.570. The fourth-order valence-corrected chi connectivity index (χ4v) is 1.89. The summed E-state index contributed by atoms with van der Waals surface area (Å²) in [6.45, 7) is 2.15. The number of rotatable bonds is 2. The van der Waals surface area contributed by atoms with Crippen molar-refractivity contribution >= 4 is 17.7 Å². The highest BCUT2D eigenvalue weighted by Gasteiger charge is 2.14. The number of hydrogen-bond acceptors (Lipinski definition) is 3. The molecule has 3 heteroatoms. The topological polar surface area (TPSA) is 46.3 Å². The second-order valence-electron chi connectivity index (χ2n) is 3.63. The van der Waals surface area contributed by atoms with E-state index in [2.05, 4.69) is 4.90 Å². The van der Waals surface area contributed by atoms with Crippen LogP contribution in [0.5, 0.6) is 0 Å². The molecule has 3 nitrogen and oxygen atoms in total. The molecule has 1 aromatic rings. The summed E-state index contributed by atoms with van der Waals surface area (Å²) in [5.74, 6) is 0. The molecular weight excluding hydrogens is 176 g/mol. The monoisotopic (exact) mass is 190 g/mol. The largest absolute Gasteiger partial charge is 0.397 e. The van der Waals surface area contributed by atoms with E-state index < -0.39 is 0 Å². The minimum atomic E-state index is 0.644. The molecule has 0 amide bonds. The zero-order chi connectivity index (χ0) is 9.97. The van der Waals surface area contributed by atoms with E-state index >= 15 is 0 Å². The van der Waals surface area contributed by atoms with Crippen molar-refractivity contribution in [2.45, 2.75) is 12.8 Å². The SMILES string of the molecule is Nc1cc(C=O)ccc1N1CCCC1. The van der Waals surface area contributed by atoms with E-state index in [0.29, 0.717) is 11.3 Å². The second kappa shape index (κ2) is 3.70. The molecule has 0 radical (unpaired) electrons. The van der Waals surface area contributed by atoms with E-state index in [0.717, 1.165) is 25.1 Å². The molecule has 0 saturated carbocycles. The average molecular weight is 190 g/mol. The van der Waals surface area contributed by atoms with E-state index in [1.165, 1.54) is 12.8 Å². The van der Waals surface area contributed by atoms with Crippen LogP contribution in [0.3, 0.4) is 0 Å². The number of hydrogen-bond donors (Lipinski definition) is 1. The number of anilines is 2. The minimum Gasteiger partial charge on any atom is -0.397 e. The maximum atomic E-state index is 10.5. The number of nitrogens with zero attached hydrogens (tertiary/aromatic N) is 1. The number of aldehydes is 1. The molecule has 2 N–H and O–H groups in total. The Labute approximate surface area is 83.5 Å². The average Bonchev–Trinajstić information content (AvgIpc) is 2.70. The molecule has 2 rings (SSSR count). The Hall–Kier alpha value is -1.51. The first kappa shape index (κ1) is 9.06. The summed E-state index contributed by atoms with van der Waals surface area (Å²) >= 11 is 0. The van der Waals surface area contributed by atoms with Gasteiger partial charge in [-0.15, -0.1) is 0 Å². The Balaban J connectivity index is 2.29. The van der Waals surface area contributed by atoms with Gasteiger partial charge in [0.05, 0.1) is 11.4 Å². The summed E-state index contributed by atoms with van der Waals surface area (Å²) in [6, 6.07) is 5.49. The highest BCUT2D eigenvalue weighted by Crippen LogP contribution is 2.26. The van der Waals surface area contributed by atoms with Crippen molar-refractivity contribution in [3.05, 3.63) is 23.8 Å². The summed E-state index contributed by atoms with van der Waals surface area (Å²) in [7, 11) is 0. The van der Waals surface area contributed by atoms with Crippen molar-refractivity contribution in [1.29, 1.82) is 0 Å². The smallest absolute Gasteiger partial charge is 0.150 e. The van der Waals surface area contributed by atoms with E-state index in [1.54, 1.807) is 6.07 Å². The van der Waals surface area contributed by atoms with Gasteiger partial charge < -0.3 is 10.6 Å². The third-order valence-corrected chi connectivity index (χ3v) is 2.63. The van der Waals surface area contributed by atoms with Crippen LogP contribution in [0.25, 0.3) is 0 Å². The Morgan fingerprint density at radius 3 is 2.57 bits per heavy atom. The Kier molecular flexibility index (Phi) is 2.39. The number of nitrogens with two attached hydrogens (primary N) is 1. The summed E-state index contributed by atoms with van der Waals surface area (Å²) in [5.41, 5.74) is 8.29. The summed E-state index contributed by atoms with van der Waals surface area (Å²) in [5, 5.41) is 0. The lowest BCUT2D eigenvalue weighted by Gasteiger charge is -2.19. The van der Waals surface area contributed by atoms with Crippen LogP contribution in [-0.4, -0.2) is 19.4 Å². The first-order valence-corrected chi connectivity index (χ1v) is 4.91. The Morgan fingerprint density at radius 2 is 2.00 bits per heavy atom. The van der Waals surface area contributed by atoms with Crippen molar-refractivity contribution in [3.63, 3.8) is 0 Å². The molecule has 1 aromatic carbocycles. The zero-order valence-electron chi connectivity index (χ0n) is 8.07. The number of nitrogen functional groups attached to an aromatic ring is 1. The molecule has 1 aliphatic heterocycles. The number of benzene rings is 1. The zero-order valence-corrected chi connectivity index (χ0v) is 8.07. The van der Waals surface area contributed by atoms with Gasteiger partial charge in [-0.25, -0.2) is 0 Å².